The molecule has 7 nitrogen and oxygen atoms in total. The summed E-state index contributed by atoms with van der Waals surface area (Å²) >= 11 is 0. The topological polar surface area (TPSA) is 78.0 Å². The van der Waals surface area contributed by atoms with Crippen LogP contribution in [0.25, 0.3) is 0 Å². The molecule has 0 aliphatic carbocycles. The quantitative estimate of drug-likeness (QED) is 0.280. The molecule has 3 aromatic carbocycles. The summed E-state index contributed by atoms with van der Waals surface area (Å²) in [5, 5.41) is 0. The van der Waals surface area contributed by atoms with Gasteiger partial charge in [-0.2, -0.15) is 4.31 Å². The van der Waals surface area contributed by atoms with Crippen molar-refractivity contribution in [3.05, 3.63) is 102 Å². The molecule has 1 aliphatic heterocycles. The number of rotatable bonds is 12. The summed E-state index contributed by atoms with van der Waals surface area (Å²) in [6.45, 7) is 4.89. The minimum absolute atomic E-state index is 0.0771. The highest BCUT2D eigenvalue weighted by molar-refractivity contribution is 7.89. The van der Waals surface area contributed by atoms with Crippen LogP contribution in [0.5, 0.6) is 0 Å². The van der Waals surface area contributed by atoms with E-state index >= 15 is 0 Å². The molecule has 0 radical (unpaired) electrons. The van der Waals surface area contributed by atoms with Crippen LogP contribution in [0.2, 0.25) is 0 Å². The largest absolute Gasteiger partial charge is 0.342 e. The SMILES string of the molecule is CCCN(CC(=O)N(Cc1cccc(F)c1)C1CCN(C(=O)[C@H](CC)c2ccccc2)CC1)S(=O)(=O)c1ccccc1. The lowest BCUT2D eigenvalue weighted by atomic mass is 9.93. The minimum Gasteiger partial charge on any atom is -0.342 e. The maximum atomic E-state index is 14.1. The van der Waals surface area contributed by atoms with Gasteiger partial charge in [0.25, 0.3) is 0 Å². The number of sulfonamides is 1. The van der Waals surface area contributed by atoms with Gasteiger partial charge in [0.15, 0.2) is 0 Å². The molecule has 0 N–H and O–H groups in total. The lowest BCUT2D eigenvalue weighted by Gasteiger charge is -2.40. The molecule has 1 saturated heterocycles. The Morgan fingerprint density at radius 2 is 1.57 bits per heavy atom. The van der Waals surface area contributed by atoms with Crippen molar-refractivity contribution in [3.63, 3.8) is 0 Å². The number of hydrogen-bond acceptors (Lipinski definition) is 4. The maximum absolute atomic E-state index is 14.1. The molecule has 0 unspecified atom stereocenters. The number of benzene rings is 3. The van der Waals surface area contributed by atoms with Crippen molar-refractivity contribution >= 4 is 21.8 Å². The molecule has 1 aliphatic rings. The lowest BCUT2D eigenvalue weighted by molar-refractivity contribution is -0.138. The molecular weight excluding hydrogens is 553 g/mol. The fraction of sp³-hybridized carbons (Fsp3) is 0.394. The van der Waals surface area contributed by atoms with E-state index in [0.717, 1.165) is 5.56 Å². The summed E-state index contributed by atoms with van der Waals surface area (Å²) in [5.41, 5.74) is 1.62. The fourth-order valence-electron chi connectivity index (χ4n) is 5.63. The number of carbonyl (C=O) groups is 2. The van der Waals surface area contributed by atoms with Crippen molar-refractivity contribution < 1.29 is 22.4 Å². The third kappa shape index (κ3) is 7.63. The number of nitrogens with zero attached hydrogens (tertiary/aromatic N) is 3. The smallest absolute Gasteiger partial charge is 0.243 e. The Kier molecular flexibility index (Phi) is 10.9. The second-order valence-electron chi connectivity index (χ2n) is 10.7. The van der Waals surface area contributed by atoms with E-state index in [0.29, 0.717) is 44.3 Å². The van der Waals surface area contributed by atoms with E-state index in [1.807, 2.05) is 49.1 Å². The van der Waals surface area contributed by atoms with Crippen molar-refractivity contribution in [1.82, 2.24) is 14.1 Å². The van der Waals surface area contributed by atoms with E-state index in [2.05, 4.69) is 0 Å². The van der Waals surface area contributed by atoms with Crippen LogP contribution in [0.4, 0.5) is 4.39 Å². The predicted molar refractivity (Wildman–Crippen MR) is 162 cm³/mol. The molecule has 9 heteroatoms. The molecule has 1 atom stereocenters. The van der Waals surface area contributed by atoms with E-state index in [4.69, 9.17) is 0 Å². The zero-order chi connectivity index (χ0) is 30.1. The van der Waals surface area contributed by atoms with Gasteiger partial charge in [0.1, 0.15) is 5.82 Å². The van der Waals surface area contributed by atoms with Gasteiger partial charge in [-0.1, -0.05) is 74.5 Å². The van der Waals surface area contributed by atoms with E-state index in [-0.39, 0.29) is 48.3 Å². The summed E-state index contributed by atoms with van der Waals surface area (Å²) in [6.07, 6.45) is 2.34. The molecule has 1 fully saturated rings. The Labute approximate surface area is 249 Å². The molecule has 1 heterocycles. The van der Waals surface area contributed by atoms with Gasteiger partial charge in [-0.25, -0.2) is 12.8 Å². The van der Waals surface area contributed by atoms with Crippen LogP contribution in [0.3, 0.4) is 0 Å². The normalized spacial score (nSPS) is 15.0. The van der Waals surface area contributed by atoms with Gasteiger partial charge in [-0.05, 0) is 61.1 Å². The molecule has 0 spiro atoms. The van der Waals surface area contributed by atoms with Crippen molar-refractivity contribution in [2.75, 3.05) is 26.2 Å². The number of hydrogen-bond donors (Lipinski definition) is 0. The zero-order valence-electron chi connectivity index (χ0n) is 24.4. The highest BCUT2D eigenvalue weighted by atomic mass is 32.2. The maximum Gasteiger partial charge on any atom is 0.243 e. The molecule has 4 rings (SSSR count). The van der Waals surface area contributed by atoms with E-state index in [1.54, 1.807) is 35.2 Å². The molecule has 2 amide bonds. The summed E-state index contributed by atoms with van der Waals surface area (Å²) in [6, 6.07) is 23.8. The van der Waals surface area contributed by atoms with Crippen molar-refractivity contribution in [2.45, 2.75) is 62.9 Å². The number of halogens is 1. The lowest BCUT2D eigenvalue weighted by Crippen LogP contribution is -2.51. The van der Waals surface area contributed by atoms with Gasteiger partial charge < -0.3 is 9.80 Å². The number of likely N-dealkylation sites (tertiary alicyclic amines) is 1. The van der Waals surface area contributed by atoms with Crippen molar-refractivity contribution in [2.24, 2.45) is 0 Å². The van der Waals surface area contributed by atoms with E-state index < -0.39 is 15.8 Å². The molecule has 0 saturated carbocycles. The van der Waals surface area contributed by atoms with Crippen molar-refractivity contribution in [3.8, 4) is 0 Å². The first-order valence-electron chi connectivity index (χ1n) is 14.7. The van der Waals surface area contributed by atoms with Gasteiger partial charge >= 0.3 is 0 Å². The molecule has 0 bridgehead atoms. The first-order chi connectivity index (χ1) is 20.2. The molecule has 0 aromatic heterocycles. The molecule has 224 valence electrons. The number of carbonyl (C=O) groups excluding carboxylic acids is 2. The fourth-order valence-corrected chi connectivity index (χ4v) is 7.13. The van der Waals surface area contributed by atoms with E-state index in [1.165, 1.54) is 28.6 Å². The van der Waals surface area contributed by atoms with Crippen LogP contribution in [-0.2, 0) is 26.2 Å². The average molecular weight is 594 g/mol. The van der Waals surface area contributed by atoms with Gasteiger partial charge in [-0.15, -0.1) is 0 Å². The second kappa shape index (κ2) is 14.6. The first-order valence-corrected chi connectivity index (χ1v) is 16.1. The highest BCUT2D eigenvalue weighted by Crippen LogP contribution is 2.27. The third-order valence-electron chi connectivity index (χ3n) is 7.85. The summed E-state index contributed by atoms with van der Waals surface area (Å²) in [4.78, 5) is 31.0. The highest BCUT2D eigenvalue weighted by Gasteiger charge is 2.34. The third-order valence-corrected chi connectivity index (χ3v) is 9.71. The van der Waals surface area contributed by atoms with Gasteiger partial charge in [0, 0.05) is 32.2 Å². The Hall–Kier alpha value is -3.56. The van der Waals surface area contributed by atoms with Gasteiger partial charge in [-0.3, -0.25) is 9.59 Å². The van der Waals surface area contributed by atoms with Crippen LogP contribution in [0.15, 0.2) is 89.8 Å². The Morgan fingerprint density at radius 1 is 0.929 bits per heavy atom. The average Bonchev–Trinajstić information content (AvgIpc) is 3.01. The van der Waals surface area contributed by atoms with Crippen LogP contribution in [0.1, 0.15) is 56.6 Å². The Balaban J connectivity index is 1.53. The van der Waals surface area contributed by atoms with Crippen LogP contribution < -0.4 is 0 Å². The summed E-state index contributed by atoms with van der Waals surface area (Å²) < 4.78 is 42.2. The van der Waals surface area contributed by atoms with Crippen molar-refractivity contribution in [1.29, 1.82) is 0 Å². The molecule has 3 aromatic rings. The summed E-state index contributed by atoms with van der Waals surface area (Å²) in [5.74, 6) is -0.884. The molecular formula is C33H40FN3O4S. The van der Waals surface area contributed by atoms with Crippen LogP contribution in [0, 0.1) is 5.82 Å². The molecule has 42 heavy (non-hydrogen) atoms. The van der Waals surface area contributed by atoms with Crippen LogP contribution >= 0.6 is 0 Å². The second-order valence-corrected chi connectivity index (χ2v) is 12.7. The zero-order valence-corrected chi connectivity index (χ0v) is 25.2. The first kappa shape index (κ1) is 31.4. The van der Waals surface area contributed by atoms with Gasteiger partial charge in [0.2, 0.25) is 21.8 Å². The van der Waals surface area contributed by atoms with Gasteiger partial charge in [0.05, 0.1) is 17.4 Å². The minimum atomic E-state index is -3.89. The predicted octanol–water partition coefficient (Wildman–Crippen LogP) is 5.44. The monoisotopic (exact) mass is 593 g/mol. The Morgan fingerprint density at radius 3 is 2.17 bits per heavy atom. The van der Waals surface area contributed by atoms with Crippen LogP contribution in [-0.4, -0.2) is 66.6 Å². The number of amides is 2. The standard InChI is InChI=1S/C33H40FN3O4S/c1-3-20-36(42(40,41)30-16-9-6-10-17-30)25-32(38)37(24-26-12-11-15-28(34)23-26)29-18-21-35(22-19-29)33(39)31(4-2)27-13-7-5-8-14-27/h5-17,23,29,31H,3-4,18-22,24-25H2,1-2H3/t31-/m1/s1. The summed E-state index contributed by atoms with van der Waals surface area (Å²) in [7, 11) is -3.89. The number of piperidine rings is 1. The van der Waals surface area contributed by atoms with E-state index in [9.17, 15) is 22.4 Å². The Bertz CT molecular complexity index is 1430.